The number of carbonyl (C=O) groups is 1. The van der Waals surface area contributed by atoms with Crippen LogP contribution in [0, 0.1) is 11.6 Å². The molecule has 0 amide bonds. The Hall–Kier alpha value is -2.84. The second-order valence-corrected chi connectivity index (χ2v) is 9.12. The topological polar surface area (TPSA) is 60.0 Å². The molecule has 1 aliphatic rings. The van der Waals surface area contributed by atoms with Gasteiger partial charge in [0.1, 0.15) is 0 Å². The van der Waals surface area contributed by atoms with Crippen LogP contribution in [0.2, 0.25) is 5.02 Å². The molecule has 1 saturated carbocycles. The van der Waals surface area contributed by atoms with Gasteiger partial charge in [-0.1, -0.05) is 29.4 Å². The van der Waals surface area contributed by atoms with Crippen LogP contribution in [-0.4, -0.2) is 25.4 Å². The molecule has 2 heterocycles. The number of hydrogen-bond acceptors (Lipinski definition) is 3. The summed E-state index contributed by atoms with van der Waals surface area (Å²) in [7, 11) is 0. The van der Waals surface area contributed by atoms with Crippen LogP contribution in [0.5, 0.6) is 0 Å². The van der Waals surface area contributed by atoms with Crippen LogP contribution in [0.25, 0.3) is 16.6 Å². The lowest BCUT2D eigenvalue weighted by Crippen LogP contribution is -2.02. The highest BCUT2D eigenvalue weighted by molar-refractivity contribution is 7.99. The number of hydrogen-bond donors (Lipinski definition) is 1. The SMILES string of the molecule is CCn1cc(-n2c(C3CC3)c(Sc3cccc(C(=O)O)c3F)c3ccc(Cl)c(F)c32)cn1. The van der Waals surface area contributed by atoms with Crippen LogP contribution in [0.4, 0.5) is 8.78 Å². The summed E-state index contributed by atoms with van der Waals surface area (Å²) in [5.74, 6) is -2.51. The fourth-order valence-electron chi connectivity index (χ4n) is 3.91. The first-order valence-electron chi connectivity index (χ1n) is 10.2. The van der Waals surface area contributed by atoms with Crippen LogP contribution >= 0.6 is 23.4 Å². The third kappa shape index (κ3) is 3.38. The molecule has 1 N–H and O–H groups in total. The zero-order valence-corrected chi connectivity index (χ0v) is 18.6. The minimum Gasteiger partial charge on any atom is -0.478 e. The van der Waals surface area contributed by atoms with Gasteiger partial charge in [0, 0.05) is 39.5 Å². The van der Waals surface area contributed by atoms with Crippen molar-refractivity contribution in [3.63, 3.8) is 0 Å². The van der Waals surface area contributed by atoms with E-state index in [-0.39, 0.29) is 15.8 Å². The van der Waals surface area contributed by atoms with Crippen molar-refractivity contribution < 1.29 is 18.7 Å². The molecule has 2 aromatic carbocycles. The number of nitrogens with zero attached hydrogens (tertiary/aromatic N) is 3. The zero-order valence-electron chi connectivity index (χ0n) is 17.0. The molecular weight excluding hydrogens is 456 g/mol. The summed E-state index contributed by atoms with van der Waals surface area (Å²) in [6.45, 7) is 2.62. The Kier molecular flexibility index (Phi) is 5.22. The Morgan fingerprint density at radius 2 is 2.03 bits per heavy atom. The van der Waals surface area contributed by atoms with Crippen molar-refractivity contribution in [2.75, 3.05) is 0 Å². The van der Waals surface area contributed by atoms with Gasteiger partial charge in [-0.2, -0.15) is 5.10 Å². The van der Waals surface area contributed by atoms with E-state index in [1.807, 2.05) is 17.7 Å². The Morgan fingerprint density at radius 3 is 2.69 bits per heavy atom. The van der Waals surface area contributed by atoms with Crippen LogP contribution in [0.15, 0.2) is 52.5 Å². The molecule has 164 valence electrons. The number of carboxylic acid groups (broad SMARTS) is 1. The monoisotopic (exact) mass is 473 g/mol. The molecule has 0 aliphatic heterocycles. The molecular formula is C23H18ClF2N3O2S. The molecule has 9 heteroatoms. The van der Waals surface area contributed by atoms with Crippen molar-refractivity contribution in [2.45, 2.75) is 42.0 Å². The molecule has 5 nitrogen and oxygen atoms in total. The molecule has 4 aromatic rings. The van der Waals surface area contributed by atoms with E-state index in [2.05, 4.69) is 5.10 Å². The predicted octanol–water partition coefficient (Wildman–Crippen LogP) is 6.51. The van der Waals surface area contributed by atoms with Crippen molar-refractivity contribution in [3.05, 3.63) is 70.6 Å². The number of benzene rings is 2. The molecule has 5 rings (SSSR count). The first kappa shape index (κ1) is 21.0. The number of aromatic carboxylic acids is 1. The summed E-state index contributed by atoms with van der Waals surface area (Å²) >= 11 is 7.25. The van der Waals surface area contributed by atoms with Crippen molar-refractivity contribution in [1.82, 2.24) is 14.3 Å². The van der Waals surface area contributed by atoms with E-state index in [9.17, 15) is 14.3 Å². The van der Waals surface area contributed by atoms with Crippen LogP contribution in [-0.2, 0) is 6.54 Å². The molecule has 0 unspecified atom stereocenters. The molecule has 0 spiro atoms. The lowest BCUT2D eigenvalue weighted by atomic mass is 10.2. The zero-order chi connectivity index (χ0) is 22.6. The molecule has 0 saturated heterocycles. The number of fused-ring (bicyclic) bond motifs is 1. The average molecular weight is 474 g/mol. The van der Waals surface area contributed by atoms with Crippen LogP contribution in [0.3, 0.4) is 0 Å². The van der Waals surface area contributed by atoms with E-state index < -0.39 is 23.2 Å². The fourth-order valence-corrected chi connectivity index (χ4v) is 5.26. The molecule has 1 aliphatic carbocycles. The maximum absolute atomic E-state index is 15.4. The smallest absolute Gasteiger partial charge is 0.338 e. The van der Waals surface area contributed by atoms with Gasteiger partial charge in [0.15, 0.2) is 11.6 Å². The van der Waals surface area contributed by atoms with Crippen LogP contribution < -0.4 is 0 Å². The Balaban J connectivity index is 1.79. The summed E-state index contributed by atoms with van der Waals surface area (Å²) in [6.07, 6.45) is 5.37. The summed E-state index contributed by atoms with van der Waals surface area (Å²) in [4.78, 5) is 12.3. The lowest BCUT2D eigenvalue weighted by molar-refractivity contribution is 0.0691. The van der Waals surface area contributed by atoms with E-state index in [0.717, 1.165) is 30.3 Å². The molecule has 0 radical (unpaired) electrons. The number of carboxylic acids is 1. The number of aryl methyl sites for hydroxylation is 1. The standard InChI is InChI=1S/C23H18ClF2N3O2S/c1-2-28-11-13(10-27-28)29-20(12-6-7-12)22(15-8-9-16(24)19(26)21(15)29)32-17-5-3-4-14(18(17)25)23(30)31/h3-5,8-12H,2,6-7H2,1H3,(H,30,31). The Bertz CT molecular complexity index is 1380. The third-order valence-corrected chi connectivity index (χ3v) is 7.04. The van der Waals surface area contributed by atoms with Gasteiger partial charge in [-0.15, -0.1) is 0 Å². The molecule has 1 fully saturated rings. The Morgan fingerprint density at radius 1 is 1.25 bits per heavy atom. The van der Waals surface area contributed by atoms with E-state index in [1.54, 1.807) is 16.9 Å². The normalized spacial score (nSPS) is 13.8. The number of aromatic nitrogens is 3. The van der Waals surface area contributed by atoms with Crippen molar-refractivity contribution in [1.29, 1.82) is 0 Å². The van der Waals surface area contributed by atoms with Crippen molar-refractivity contribution in [3.8, 4) is 5.69 Å². The van der Waals surface area contributed by atoms with Crippen LogP contribution in [0.1, 0.15) is 41.7 Å². The van der Waals surface area contributed by atoms with Gasteiger partial charge in [-0.05, 0) is 44.0 Å². The minimum absolute atomic E-state index is 0.00270. The first-order chi connectivity index (χ1) is 15.4. The van der Waals surface area contributed by atoms with Gasteiger partial charge >= 0.3 is 5.97 Å². The average Bonchev–Trinajstić information content (AvgIpc) is 3.40. The summed E-state index contributed by atoms with van der Waals surface area (Å²) in [5, 5.41) is 14.2. The van der Waals surface area contributed by atoms with Crippen molar-refractivity contribution >= 4 is 40.2 Å². The molecule has 0 atom stereocenters. The van der Waals surface area contributed by atoms with E-state index in [0.29, 0.717) is 28.0 Å². The van der Waals surface area contributed by atoms with E-state index in [4.69, 9.17) is 11.6 Å². The van der Waals surface area contributed by atoms with Crippen molar-refractivity contribution in [2.24, 2.45) is 0 Å². The second kappa shape index (κ2) is 7.94. The maximum atomic E-state index is 15.4. The van der Waals surface area contributed by atoms with Gasteiger partial charge in [0.25, 0.3) is 0 Å². The highest BCUT2D eigenvalue weighted by Gasteiger charge is 2.34. The number of halogens is 3. The fraction of sp³-hybridized carbons (Fsp3) is 0.217. The molecule has 32 heavy (non-hydrogen) atoms. The van der Waals surface area contributed by atoms with E-state index in [1.165, 1.54) is 24.3 Å². The predicted molar refractivity (Wildman–Crippen MR) is 119 cm³/mol. The largest absolute Gasteiger partial charge is 0.478 e. The highest BCUT2D eigenvalue weighted by atomic mass is 35.5. The van der Waals surface area contributed by atoms with Gasteiger partial charge in [0.05, 0.1) is 28.0 Å². The van der Waals surface area contributed by atoms with Gasteiger partial charge in [0.2, 0.25) is 0 Å². The summed E-state index contributed by atoms with van der Waals surface area (Å²) in [5.41, 5.74) is 1.48. The van der Waals surface area contributed by atoms with Gasteiger partial charge < -0.3 is 9.67 Å². The number of rotatable bonds is 6. The summed E-state index contributed by atoms with van der Waals surface area (Å²) < 4.78 is 33.9. The summed E-state index contributed by atoms with van der Waals surface area (Å²) in [6, 6.07) is 7.49. The molecule has 2 aromatic heterocycles. The third-order valence-electron chi connectivity index (χ3n) is 5.58. The van der Waals surface area contributed by atoms with Gasteiger partial charge in [-0.3, -0.25) is 4.68 Å². The minimum atomic E-state index is -1.33. The molecule has 0 bridgehead atoms. The highest BCUT2D eigenvalue weighted by Crippen LogP contribution is 2.51. The lowest BCUT2D eigenvalue weighted by Gasteiger charge is -2.11. The van der Waals surface area contributed by atoms with Gasteiger partial charge in [-0.25, -0.2) is 13.6 Å². The second-order valence-electron chi connectivity index (χ2n) is 7.66. The maximum Gasteiger partial charge on any atom is 0.338 e. The van der Waals surface area contributed by atoms with E-state index >= 15 is 4.39 Å². The Labute approximate surface area is 191 Å². The first-order valence-corrected chi connectivity index (χ1v) is 11.3. The quantitative estimate of drug-likeness (QED) is 0.347.